The SMILES string of the molecule is CCCC[C@H](/C=C/CCCO)[Si](C)(C)c1ccccc1. The minimum Gasteiger partial charge on any atom is -0.396 e. The minimum atomic E-state index is -1.46. The first-order valence-electron chi connectivity index (χ1n) is 7.96. The number of aliphatic hydroxyl groups is 1. The third-order valence-corrected chi connectivity index (χ3v) is 8.37. The van der Waals surface area contributed by atoms with E-state index in [4.69, 9.17) is 5.11 Å². The predicted molar refractivity (Wildman–Crippen MR) is 92.3 cm³/mol. The van der Waals surface area contributed by atoms with Gasteiger partial charge in [0.2, 0.25) is 0 Å². The van der Waals surface area contributed by atoms with E-state index in [-0.39, 0.29) is 0 Å². The van der Waals surface area contributed by atoms with Crippen LogP contribution in [0.1, 0.15) is 39.0 Å². The van der Waals surface area contributed by atoms with E-state index in [1.807, 2.05) is 0 Å². The molecule has 0 heterocycles. The van der Waals surface area contributed by atoms with Crippen molar-refractivity contribution in [2.75, 3.05) is 6.61 Å². The molecule has 20 heavy (non-hydrogen) atoms. The Labute approximate surface area is 125 Å². The Kier molecular flexibility index (Phi) is 7.86. The molecule has 1 aromatic rings. The third-order valence-electron chi connectivity index (χ3n) is 4.21. The van der Waals surface area contributed by atoms with Crippen molar-refractivity contribution in [1.29, 1.82) is 0 Å². The average molecular weight is 291 g/mol. The molecular weight excluding hydrogens is 260 g/mol. The lowest BCUT2D eigenvalue weighted by Gasteiger charge is -2.31. The summed E-state index contributed by atoms with van der Waals surface area (Å²) < 4.78 is 0. The van der Waals surface area contributed by atoms with Crippen molar-refractivity contribution >= 4 is 13.3 Å². The summed E-state index contributed by atoms with van der Waals surface area (Å²) in [7, 11) is -1.46. The molecule has 2 heteroatoms. The van der Waals surface area contributed by atoms with Crippen molar-refractivity contribution < 1.29 is 5.11 Å². The first kappa shape index (κ1) is 17.2. The van der Waals surface area contributed by atoms with E-state index in [9.17, 15) is 0 Å². The van der Waals surface area contributed by atoms with Gasteiger partial charge in [-0.25, -0.2) is 0 Å². The van der Waals surface area contributed by atoms with E-state index >= 15 is 0 Å². The molecule has 1 atom stereocenters. The number of benzene rings is 1. The molecule has 0 aliphatic heterocycles. The van der Waals surface area contributed by atoms with Crippen molar-refractivity contribution in [3.8, 4) is 0 Å². The molecule has 0 radical (unpaired) electrons. The second kappa shape index (κ2) is 9.14. The lowest BCUT2D eigenvalue weighted by atomic mass is 10.2. The summed E-state index contributed by atoms with van der Waals surface area (Å²) in [5.41, 5.74) is 0.698. The van der Waals surface area contributed by atoms with Crippen LogP contribution in [0.15, 0.2) is 42.5 Å². The Hall–Kier alpha value is -0.863. The summed E-state index contributed by atoms with van der Waals surface area (Å²) in [6.07, 6.45) is 10.5. The number of allylic oxidation sites excluding steroid dienone is 2. The van der Waals surface area contributed by atoms with Gasteiger partial charge in [0.25, 0.3) is 0 Å². The zero-order valence-corrected chi connectivity index (χ0v) is 14.3. The summed E-state index contributed by atoms with van der Waals surface area (Å²) in [6, 6.07) is 11.0. The molecule has 1 nitrogen and oxygen atoms in total. The van der Waals surface area contributed by atoms with E-state index in [1.54, 1.807) is 5.19 Å². The van der Waals surface area contributed by atoms with Crippen LogP contribution < -0.4 is 5.19 Å². The zero-order valence-electron chi connectivity index (χ0n) is 13.3. The largest absolute Gasteiger partial charge is 0.396 e. The van der Waals surface area contributed by atoms with Crippen molar-refractivity contribution in [2.45, 2.75) is 57.7 Å². The molecule has 1 N–H and O–H groups in total. The van der Waals surface area contributed by atoms with Gasteiger partial charge < -0.3 is 5.11 Å². The molecule has 0 fully saturated rings. The maximum absolute atomic E-state index is 8.89. The van der Waals surface area contributed by atoms with Gasteiger partial charge in [-0.1, -0.05) is 80.5 Å². The van der Waals surface area contributed by atoms with Crippen LogP contribution >= 0.6 is 0 Å². The highest BCUT2D eigenvalue weighted by atomic mass is 28.3. The molecule has 0 amide bonds. The van der Waals surface area contributed by atoms with Crippen LogP contribution in [0, 0.1) is 0 Å². The lowest BCUT2D eigenvalue weighted by Crippen LogP contribution is -2.45. The van der Waals surface area contributed by atoms with Gasteiger partial charge in [0.05, 0.1) is 8.07 Å². The van der Waals surface area contributed by atoms with Crippen LogP contribution in [0.2, 0.25) is 18.6 Å². The van der Waals surface area contributed by atoms with Crippen LogP contribution in [0.4, 0.5) is 0 Å². The Morgan fingerprint density at radius 1 is 1.15 bits per heavy atom. The van der Waals surface area contributed by atoms with Gasteiger partial charge in [0.1, 0.15) is 0 Å². The maximum atomic E-state index is 8.89. The van der Waals surface area contributed by atoms with Gasteiger partial charge in [-0.15, -0.1) is 0 Å². The van der Waals surface area contributed by atoms with E-state index in [0.29, 0.717) is 12.1 Å². The molecule has 0 aliphatic rings. The van der Waals surface area contributed by atoms with E-state index in [0.717, 1.165) is 12.8 Å². The van der Waals surface area contributed by atoms with Gasteiger partial charge in [0, 0.05) is 6.61 Å². The van der Waals surface area contributed by atoms with Gasteiger partial charge in [-0.05, 0) is 24.8 Å². The van der Waals surface area contributed by atoms with Crippen LogP contribution in [0.25, 0.3) is 0 Å². The van der Waals surface area contributed by atoms with E-state index in [1.165, 1.54) is 19.3 Å². The van der Waals surface area contributed by atoms with Gasteiger partial charge in [0.15, 0.2) is 0 Å². The Morgan fingerprint density at radius 3 is 2.45 bits per heavy atom. The van der Waals surface area contributed by atoms with Gasteiger partial charge >= 0.3 is 0 Å². The molecule has 0 spiro atoms. The Morgan fingerprint density at radius 2 is 1.85 bits per heavy atom. The number of aliphatic hydroxyl groups excluding tert-OH is 1. The van der Waals surface area contributed by atoms with Crippen LogP contribution in [0.5, 0.6) is 0 Å². The highest BCUT2D eigenvalue weighted by Crippen LogP contribution is 2.29. The quantitative estimate of drug-likeness (QED) is 0.403. The van der Waals surface area contributed by atoms with E-state index < -0.39 is 8.07 Å². The lowest BCUT2D eigenvalue weighted by molar-refractivity contribution is 0.289. The summed E-state index contributed by atoms with van der Waals surface area (Å²) >= 11 is 0. The first-order valence-corrected chi connectivity index (χ1v) is 11.0. The molecule has 0 unspecified atom stereocenters. The van der Waals surface area contributed by atoms with Crippen LogP contribution in [0.3, 0.4) is 0 Å². The van der Waals surface area contributed by atoms with Crippen LogP contribution in [-0.2, 0) is 0 Å². The summed E-state index contributed by atoms with van der Waals surface area (Å²) in [4.78, 5) is 0. The fourth-order valence-corrected chi connectivity index (χ4v) is 5.70. The van der Waals surface area contributed by atoms with Crippen molar-refractivity contribution in [3.05, 3.63) is 42.5 Å². The molecule has 0 saturated heterocycles. The molecule has 1 aromatic carbocycles. The summed E-state index contributed by atoms with van der Waals surface area (Å²) in [5, 5.41) is 10.4. The third kappa shape index (κ3) is 5.26. The normalized spacial score (nSPS) is 13.8. The topological polar surface area (TPSA) is 20.2 Å². The first-order chi connectivity index (χ1) is 9.62. The number of rotatable bonds is 9. The maximum Gasteiger partial charge on any atom is 0.0873 e. The molecule has 0 aliphatic carbocycles. The van der Waals surface area contributed by atoms with Crippen molar-refractivity contribution in [1.82, 2.24) is 0 Å². The summed E-state index contributed by atoms with van der Waals surface area (Å²) in [6.45, 7) is 7.53. The standard InChI is InChI=1S/C18H30OSi/c1-4-5-12-17(15-10-7-11-16-19)20(2,3)18-13-8-6-9-14-18/h6,8-10,13-15,17,19H,4-5,7,11-12,16H2,1-3H3/b15-10+/t17-/m1/s1. The Balaban J connectivity index is 2.82. The number of hydrogen-bond acceptors (Lipinski definition) is 1. The fourth-order valence-electron chi connectivity index (χ4n) is 2.67. The second-order valence-electron chi connectivity index (χ2n) is 6.13. The van der Waals surface area contributed by atoms with Gasteiger partial charge in [-0.2, -0.15) is 0 Å². The molecule has 0 saturated carbocycles. The van der Waals surface area contributed by atoms with Crippen molar-refractivity contribution in [3.63, 3.8) is 0 Å². The Bertz CT molecular complexity index is 384. The summed E-state index contributed by atoms with van der Waals surface area (Å²) in [5.74, 6) is 0. The molecular formula is C18H30OSi. The highest BCUT2D eigenvalue weighted by molar-refractivity contribution is 6.91. The average Bonchev–Trinajstić information content (AvgIpc) is 2.47. The molecule has 112 valence electrons. The minimum absolute atomic E-state index is 0.295. The number of unbranched alkanes of at least 4 members (excludes halogenated alkanes) is 2. The number of hydrogen-bond donors (Lipinski definition) is 1. The zero-order chi connectivity index (χ0) is 14.8. The second-order valence-corrected chi connectivity index (χ2v) is 10.9. The molecule has 0 aromatic heterocycles. The van der Waals surface area contributed by atoms with Crippen LogP contribution in [-0.4, -0.2) is 19.8 Å². The molecule has 0 bridgehead atoms. The fraction of sp³-hybridized carbons (Fsp3) is 0.556. The monoisotopic (exact) mass is 290 g/mol. The van der Waals surface area contributed by atoms with E-state index in [2.05, 4.69) is 62.5 Å². The smallest absolute Gasteiger partial charge is 0.0873 e. The highest BCUT2D eigenvalue weighted by Gasteiger charge is 2.31. The van der Waals surface area contributed by atoms with Crippen molar-refractivity contribution in [2.24, 2.45) is 0 Å². The molecule has 1 rings (SSSR count). The predicted octanol–water partition coefficient (Wildman–Crippen LogP) is 4.49. The van der Waals surface area contributed by atoms with Gasteiger partial charge in [-0.3, -0.25) is 0 Å².